The van der Waals surface area contributed by atoms with Crippen molar-refractivity contribution in [1.29, 1.82) is 0 Å². The zero-order valence-electron chi connectivity index (χ0n) is 6.03. The fourth-order valence-electron chi connectivity index (χ4n) is 0.592. The average Bonchev–Trinajstić information content (AvgIpc) is 2.34. The molecule has 1 aromatic rings. The molecule has 0 fully saturated rings. The second-order valence-electron chi connectivity index (χ2n) is 2.04. The summed E-state index contributed by atoms with van der Waals surface area (Å²) in [5.41, 5.74) is 0. The van der Waals surface area contributed by atoms with Crippen LogP contribution in [-0.2, 0) is 0 Å². The predicted molar refractivity (Wildman–Crippen MR) is 37.1 cm³/mol. The molecule has 0 radical (unpaired) electrons. The number of hydrogen-bond acceptors (Lipinski definition) is 4. The van der Waals surface area contributed by atoms with Crippen LogP contribution < -0.4 is 4.90 Å². The van der Waals surface area contributed by atoms with Crippen LogP contribution in [0.15, 0.2) is 10.6 Å². The van der Waals surface area contributed by atoms with Crippen LogP contribution in [0, 0.1) is 0 Å². The smallest absolute Gasteiger partial charge is 0.253 e. The van der Waals surface area contributed by atoms with Gasteiger partial charge in [-0.1, -0.05) is 0 Å². The quantitative estimate of drug-likeness (QED) is 0.664. The van der Waals surface area contributed by atoms with Gasteiger partial charge < -0.3 is 14.5 Å². The Labute approximate surface area is 59.0 Å². The zero-order chi connectivity index (χ0) is 7.56. The van der Waals surface area contributed by atoms with Crippen molar-refractivity contribution >= 4 is 5.88 Å². The van der Waals surface area contributed by atoms with Crippen molar-refractivity contribution in [1.82, 2.24) is 5.16 Å². The molecule has 1 rings (SSSR count). The lowest BCUT2D eigenvalue weighted by atomic mass is 10.5. The van der Waals surface area contributed by atoms with Crippen molar-refractivity contribution in [2.45, 2.75) is 6.92 Å². The largest absolute Gasteiger partial charge is 0.491 e. The van der Waals surface area contributed by atoms with Gasteiger partial charge in [-0.05, 0) is 12.1 Å². The molecule has 1 heterocycles. The maximum Gasteiger partial charge on any atom is 0.253 e. The number of aromatic nitrogens is 1. The van der Waals surface area contributed by atoms with E-state index in [0.717, 1.165) is 6.54 Å². The SMILES string of the molecule is CCN(C)c1cc(O)no1. The molecule has 1 N–H and O–H groups in total. The van der Waals surface area contributed by atoms with Gasteiger partial charge in [-0.3, -0.25) is 0 Å². The van der Waals surface area contributed by atoms with Crippen LogP contribution in [0.3, 0.4) is 0 Å². The van der Waals surface area contributed by atoms with Crippen LogP contribution in [0.1, 0.15) is 6.92 Å². The van der Waals surface area contributed by atoms with E-state index in [0.29, 0.717) is 5.88 Å². The normalized spacial score (nSPS) is 9.80. The van der Waals surface area contributed by atoms with Gasteiger partial charge in [-0.2, -0.15) is 0 Å². The van der Waals surface area contributed by atoms with Gasteiger partial charge >= 0.3 is 0 Å². The van der Waals surface area contributed by atoms with Crippen LogP contribution in [0.4, 0.5) is 5.88 Å². The van der Waals surface area contributed by atoms with E-state index in [2.05, 4.69) is 5.16 Å². The van der Waals surface area contributed by atoms with E-state index in [1.54, 1.807) is 0 Å². The number of hydrogen-bond donors (Lipinski definition) is 1. The van der Waals surface area contributed by atoms with Crippen LogP contribution in [-0.4, -0.2) is 23.9 Å². The van der Waals surface area contributed by atoms with Gasteiger partial charge in [0.25, 0.3) is 5.88 Å². The zero-order valence-corrected chi connectivity index (χ0v) is 6.03. The molecule has 4 heteroatoms. The highest BCUT2D eigenvalue weighted by Crippen LogP contribution is 2.16. The molecule has 4 nitrogen and oxygen atoms in total. The molecule has 0 saturated carbocycles. The lowest BCUT2D eigenvalue weighted by molar-refractivity contribution is 0.361. The van der Waals surface area contributed by atoms with E-state index in [1.807, 2.05) is 18.9 Å². The third-order valence-electron chi connectivity index (χ3n) is 1.34. The summed E-state index contributed by atoms with van der Waals surface area (Å²) < 4.78 is 4.74. The summed E-state index contributed by atoms with van der Waals surface area (Å²) in [6.45, 7) is 2.81. The Morgan fingerprint density at radius 1 is 1.80 bits per heavy atom. The fraction of sp³-hybridized carbons (Fsp3) is 0.500. The second-order valence-corrected chi connectivity index (χ2v) is 2.04. The van der Waals surface area contributed by atoms with Crippen molar-refractivity contribution < 1.29 is 9.63 Å². The monoisotopic (exact) mass is 142 g/mol. The average molecular weight is 142 g/mol. The van der Waals surface area contributed by atoms with Gasteiger partial charge in [0.1, 0.15) is 0 Å². The molecule has 0 spiro atoms. The summed E-state index contributed by atoms with van der Waals surface area (Å²) in [6.07, 6.45) is 0. The van der Waals surface area contributed by atoms with Crippen molar-refractivity contribution in [2.75, 3.05) is 18.5 Å². The summed E-state index contributed by atoms with van der Waals surface area (Å²) in [5.74, 6) is 0.510. The van der Waals surface area contributed by atoms with E-state index >= 15 is 0 Å². The molecule has 0 saturated heterocycles. The van der Waals surface area contributed by atoms with Gasteiger partial charge in [0.05, 0.1) is 6.07 Å². The first-order valence-corrected chi connectivity index (χ1v) is 3.11. The Morgan fingerprint density at radius 3 is 2.90 bits per heavy atom. The molecule has 10 heavy (non-hydrogen) atoms. The minimum Gasteiger partial charge on any atom is -0.491 e. The fourth-order valence-corrected chi connectivity index (χ4v) is 0.592. The Hall–Kier alpha value is -1.19. The molecule has 0 aromatic carbocycles. The van der Waals surface area contributed by atoms with Gasteiger partial charge in [-0.15, -0.1) is 0 Å². The lowest BCUT2D eigenvalue weighted by Crippen LogP contribution is -2.14. The van der Waals surface area contributed by atoms with E-state index in [1.165, 1.54) is 6.07 Å². The first kappa shape index (κ1) is 6.92. The Bertz CT molecular complexity index is 209. The lowest BCUT2D eigenvalue weighted by Gasteiger charge is -2.09. The van der Waals surface area contributed by atoms with E-state index < -0.39 is 0 Å². The standard InChI is InChI=1S/C6H10N2O2/c1-3-8(2)6-4-5(9)7-10-6/h4H,3H2,1-2H3,(H,7,9). The minimum absolute atomic E-state index is 0.0738. The number of anilines is 1. The summed E-state index contributed by atoms with van der Waals surface area (Å²) >= 11 is 0. The molecular weight excluding hydrogens is 132 g/mol. The third-order valence-corrected chi connectivity index (χ3v) is 1.34. The number of nitrogens with zero attached hydrogens (tertiary/aromatic N) is 2. The molecule has 0 atom stereocenters. The predicted octanol–water partition coefficient (Wildman–Crippen LogP) is 0.836. The highest BCUT2D eigenvalue weighted by atomic mass is 16.5. The Morgan fingerprint density at radius 2 is 2.50 bits per heavy atom. The Kier molecular flexibility index (Phi) is 1.80. The summed E-state index contributed by atoms with van der Waals surface area (Å²) in [5, 5.41) is 12.1. The minimum atomic E-state index is -0.0738. The molecule has 56 valence electrons. The van der Waals surface area contributed by atoms with E-state index in [4.69, 9.17) is 9.63 Å². The van der Waals surface area contributed by atoms with Gasteiger partial charge in [-0.25, -0.2) is 0 Å². The summed E-state index contributed by atoms with van der Waals surface area (Å²) in [4.78, 5) is 1.84. The van der Waals surface area contributed by atoms with Crippen molar-refractivity contribution in [3.05, 3.63) is 6.07 Å². The molecule has 0 aliphatic rings. The first-order chi connectivity index (χ1) is 4.74. The third kappa shape index (κ3) is 1.21. The van der Waals surface area contributed by atoms with Gasteiger partial charge in [0, 0.05) is 13.6 Å². The first-order valence-electron chi connectivity index (χ1n) is 3.11. The molecule has 1 aromatic heterocycles. The highest BCUT2D eigenvalue weighted by Gasteiger charge is 2.04. The van der Waals surface area contributed by atoms with Gasteiger partial charge in [0.2, 0.25) is 5.88 Å². The second kappa shape index (κ2) is 2.60. The van der Waals surface area contributed by atoms with Gasteiger partial charge in [0.15, 0.2) is 0 Å². The number of aromatic hydroxyl groups is 1. The molecular formula is C6H10N2O2. The van der Waals surface area contributed by atoms with E-state index in [-0.39, 0.29) is 5.88 Å². The molecule has 0 aliphatic carbocycles. The molecule has 0 aliphatic heterocycles. The van der Waals surface area contributed by atoms with Crippen LogP contribution in [0.5, 0.6) is 5.88 Å². The summed E-state index contributed by atoms with van der Waals surface area (Å²) in [7, 11) is 1.86. The van der Waals surface area contributed by atoms with Crippen molar-refractivity contribution in [2.24, 2.45) is 0 Å². The summed E-state index contributed by atoms with van der Waals surface area (Å²) in [6, 6.07) is 1.48. The van der Waals surface area contributed by atoms with E-state index in [9.17, 15) is 0 Å². The molecule has 0 amide bonds. The molecule has 0 bridgehead atoms. The highest BCUT2D eigenvalue weighted by molar-refractivity contribution is 5.35. The van der Waals surface area contributed by atoms with Crippen LogP contribution in [0.2, 0.25) is 0 Å². The van der Waals surface area contributed by atoms with Crippen molar-refractivity contribution in [3.8, 4) is 5.88 Å². The Balaban J connectivity index is 2.74. The maximum atomic E-state index is 8.77. The van der Waals surface area contributed by atoms with Crippen LogP contribution in [0.25, 0.3) is 0 Å². The van der Waals surface area contributed by atoms with Crippen LogP contribution >= 0.6 is 0 Å². The number of rotatable bonds is 2. The molecule has 0 unspecified atom stereocenters. The topological polar surface area (TPSA) is 49.5 Å². The van der Waals surface area contributed by atoms with Crippen molar-refractivity contribution in [3.63, 3.8) is 0 Å². The maximum absolute atomic E-state index is 8.77.